The Morgan fingerprint density at radius 2 is 1.46 bits per heavy atom. The Morgan fingerprint density at radius 1 is 1.08 bits per heavy atom. The highest BCUT2D eigenvalue weighted by Gasteiger charge is 2.12. The fourth-order valence-corrected chi connectivity index (χ4v) is 1.22. The van der Waals surface area contributed by atoms with E-state index in [1.54, 1.807) is 0 Å². The summed E-state index contributed by atoms with van der Waals surface area (Å²) in [6.07, 6.45) is -1.08. The molecule has 5 heteroatoms. The molecule has 0 aliphatic heterocycles. The zero-order valence-electron chi connectivity index (χ0n) is 7.79. The van der Waals surface area contributed by atoms with Crippen LogP contribution in [0.3, 0.4) is 0 Å². The van der Waals surface area contributed by atoms with Crippen molar-refractivity contribution < 1.29 is 10.2 Å². The number of aliphatic hydroxyl groups excluding tert-OH is 2. The normalized spacial score (nSPS) is 16.2. The monoisotopic (exact) mass is 229 g/mol. The number of alkyl halides is 2. The van der Waals surface area contributed by atoms with Crippen molar-refractivity contribution in [2.45, 2.75) is 19.1 Å². The molecule has 80 valence electrons. The maximum atomic E-state index is 9.26. The Bertz CT molecular complexity index is 115. The molecule has 0 fully saturated rings. The Morgan fingerprint density at radius 3 is 1.69 bits per heavy atom. The van der Waals surface area contributed by atoms with Gasteiger partial charge in [0, 0.05) is 24.8 Å². The van der Waals surface area contributed by atoms with Gasteiger partial charge in [-0.25, -0.2) is 0 Å². The molecule has 3 nitrogen and oxygen atoms in total. The SMILES string of the molecule is CCN(C[C@H](O)CCl)C[C@H](O)CCl. The van der Waals surface area contributed by atoms with Gasteiger partial charge in [0.25, 0.3) is 0 Å². The third kappa shape index (κ3) is 6.52. The van der Waals surface area contributed by atoms with Crippen LogP contribution < -0.4 is 0 Å². The minimum atomic E-state index is -0.538. The summed E-state index contributed by atoms with van der Waals surface area (Å²) in [5, 5.41) is 18.5. The van der Waals surface area contributed by atoms with E-state index in [2.05, 4.69) is 0 Å². The summed E-state index contributed by atoms with van der Waals surface area (Å²) in [5.74, 6) is 0.431. The van der Waals surface area contributed by atoms with Crippen molar-refractivity contribution in [3.8, 4) is 0 Å². The summed E-state index contributed by atoms with van der Waals surface area (Å²) in [5.41, 5.74) is 0. The first-order valence-corrected chi connectivity index (χ1v) is 5.41. The van der Waals surface area contributed by atoms with E-state index in [0.717, 1.165) is 6.54 Å². The van der Waals surface area contributed by atoms with E-state index in [4.69, 9.17) is 23.2 Å². The molecule has 0 saturated heterocycles. The van der Waals surface area contributed by atoms with Gasteiger partial charge >= 0.3 is 0 Å². The molecule has 0 rings (SSSR count). The van der Waals surface area contributed by atoms with Crippen molar-refractivity contribution in [2.75, 3.05) is 31.4 Å². The highest BCUT2D eigenvalue weighted by atomic mass is 35.5. The first-order chi connectivity index (χ1) is 6.13. The van der Waals surface area contributed by atoms with Crippen LogP contribution in [0.15, 0.2) is 0 Å². The van der Waals surface area contributed by atoms with Crippen molar-refractivity contribution >= 4 is 23.2 Å². The minimum Gasteiger partial charge on any atom is -0.391 e. The first-order valence-electron chi connectivity index (χ1n) is 4.34. The molecule has 0 saturated carbocycles. The summed E-state index contributed by atoms with van der Waals surface area (Å²) in [6, 6.07) is 0. The molecule has 2 N–H and O–H groups in total. The smallest absolute Gasteiger partial charge is 0.0802 e. The van der Waals surface area contributed by atoms with Gasteiger partial charge in [-0.15, -0.1) is 23.2 Å². The number of hydrogen-bond donors (Lipinski definition) is 2. The molecule has 0 aromatic rings. The summed E-state index contributed by atoms with van der Waals surface area (Å²) in [7, 11) is 0. The predicted octanol–water partition coefficient (Wildman–Crippen LogP) is 0.508. The van der Waals surface area contributed by atoms with Gasteiger partial charge in [0.15, 0.2) is 0 Å². The fourth-order valence-electron chi connectivity index (χ4n) is 1.03. The van der Waals surface area contributed by atoms with Gasteiger partial charge in [0.2, 0.25) is 0 Å². The summed E-state index contributed by atoms with van der Waals surface area (Å²) in [4.78, 5) is 1.92. The Labute approximate surface area is 89.2 Å². The van der Waals surface area contributed by atoms with Crippen molar-refractivity contribution in [1.29, 1.82) is 0 Å². The van der Waals surface area contributed by atoms with E-state index in [0.29, 0.717) is 13.1 Å². The lowest BCUT2D eigenvalue weighted by Gasteiger charge is -2.24. The number of rotatable bonds is 7. The van der Waals surface area contributed by atoms with Crippen LogP contribution >= 0.6 is 23.2 Å². The number of aliphatic hydroxyl groups is 2. The van der Waals surface area contributed by atoms with Crippen LogP contribution in [0.25, 0.3) is 0 Å². The van der Waals surface area contributed by atoms with E-state index < -0.39 is 12.2 Å². The van der Waals surface area contributed by atoms with Crippen LogP contribution in [0.2, 0.25) is 0 Å². The average Bonchev–Trinajstić information content (AvgIpc) is 2.16. The van der Waals surface area contributed by atoms with Crippen LogP contribution in [0, 0.1) is 0 Å². The molecule has 2 atom stereocenters. The van der Waals surface area contributed by atoms with Gasteiger partial charge in [-0.1, -0.05) is 6.92 Å². The van der Waals surface area contributed by atoms with Crippen LogP contribution in [0.4, 0.5) is 0 Å². The van der Waals surface area contributed by atoms with Gasteiger partial charge in [0.05, 0.1) is 12.2 Å². The summed E-state index contributed by atoms with van der Waals surface area (Å²) >= 11 is 10.9. The molecule has 0 bridgehead atoms. The second-order valence-electron chi connectivity index (χ2n) is 2.97. The number of halogens is 2. The molecule has 0 aromatic carbocycles. The van der Waals surface area contributed by atoms with Crippen LogP contribution in [0.1, 0.15) is 6.92 Å². The van der Waals surface area contributed by atoms with Gasteiger partial charge in [-0.05, 0) is 6.54 Å². The third-order valence-corrected chi connectivity index (χ3v) is 2.45. The van der Waals surface area contributed by atoms with Crippen LogP contribution in [-0.2, 0) is 0 Å². The maximum absolute atomic E-state index is 9.26. The molecule has 0 spiro atoms. The largest absolute Gasteiger partial charge is 0.391 e. The summed E-state index contributed by atoms with van der Waals surface area (Å²) in [6.45, 7) is 3.69. The molecule has 0 amide bonds. The van der Waals surface area contributed by atoms with E-state index in [1.807, 2.05) is 11.8 Å². The Balaban J connectivity index is 3.74. The van der Waals surface area contributed by atoms with E-state index in [9.17, 15) is 10.2 Å². The van der Waals surface area contributed by atoms with Crippen LogP contribution in [-0.4, -0.2) is 58.7 Å². The molecule has 0 unspecified atom stereocenters. The number of nitrogens with zero attached hydrogens (tertiary/aromatic N) is 1. The Kier molecular flexibility index (Phi) is 8.10. The zero-order valence-corrected chi connectivity index (χ0v) is 9.30. The highest BCUT2D eigenvalue weighted by Crippen LogP contribution is 1.98. The second kappa shape index (κ2) is 7.83. The molecule has 0 aliphatic rings. The highest BCUT2D eigenvalue weighted by molar-refractivity contribution is 6.18. The lowest BCUT2D eigenvalue weighted by Crippen LogP contribution is -2.39. The fraction of sp³-hybridized carbons (Fsp3) is 1.00. The quantitative estimate of drug-likeness (QED) is 0.626. The summed E-state index contributed by atoms with van der Waals surface area (Å²) < 4.78 is 0. The molecular formula is C8H17Cl2NO2. The average molecular weight is 230 g/mol. The predicted molar refractivity (Wildman–Crippen MR) is 55.6 cm³/mol. The van der Waals surface area contributed by atoms with E-state index >= 15 is 0 Å². The van der Waals surface area contributed by atoms with E-state index in [-0.39, 0.29) is 11.8 Å². The van der Waals surface area contributed by atoms with Gasteiger partial charge in [-0.3, -0.25) is 4.90 Å². The zero-order chi connectivity index (χ0) is 10.3. The lowest BCUT2D eigenvalue weighted by molar-refractivity contribution is 0.0895. The van der Waals surface area contributed by atoms with Gasteiger partial charge in [-0.2, -0.15) is 0 Å². The molecule has 0 aromatic heterocycles. The second-order valence-corrected chi connectivity index (χ2v) is 3.59. The number of hydrogen-bond acceptors (Lipinski definition) is 3. The van der Waals surface area contributed by atoms with Gasteiger partial charge in [0.1, 0.15) is 0 Å². The minimum absolute atomic E-state index is 0.216. The van der Waals surface area contributed by atoms with Crippen molar-refractivity contribution in [3.63, 3.8) is 0 Å². The third-order valence-electron chi connectivity index (χ3n) is 1.74. The van der Waals surface area contributed by atoms with Crippen molar-refractivity contribution in [3.05, 3.63) is 0 Å². The van der Waals surface area contributed by atoms with Crippen LogP contribution in [0.5, 0.6) is 0 Å². The Hall–Kier alpha value is 0.460. The lowest BCUT2D eigenvalue weighted by atomic mass is 10.3. The molecule has 0 aliphatic carbocycles. The van der Waals surface area contributed by atoms with Crippen molar-refractivity contribution in [2.24, 2.45) is 0 Å². The molecule has 13 heavy (non-hydrogen) atoms. The maximum Gasteiger partial charge on any atom is 0.0802 e. The molecular weight excluding hydrogens is 213 g/mol. The van der Waals surface area contributed by atoms with Gasteiger partial charge < -0.3 is 10.2 Å². The standard InChI is InChI=1S/C8H17Cl2NO2/c1-2-11(5-7(12)3-9)6-8(13)4-10/h7-8,12-13H,2-6H2,1H3/t7-,8-/m1/s1. The number of likely N-dealkylation sites (N-methyl/N-ethyl adjacent to an activating group) is 1. The topological polar surface area (TPSA) is 43.7 Å². The van der Waals surface area contributed by atoms with E-state index in [1.165, 1.54) is 0 Å². The van der Waals surface area contributed by atoms with Crippen molar-refractivity contribution in [1.82, 2.24) is 4.90 Å². The molecule has 0 radical (unpaired) electrons. The molecule has 0 heterocycles. The first kappa shape index (κ1) is 13.5.